The zero-order valence-electron chi connectivity index (χ0n) is 16.5. The number of ether oxygens (including phenoxy) is 1. The predicted molar refractivity (Wildman–Crippen MR) is 102 cm³/mol. The van der Waals surface area contributed by atoms with Crippen LogP contribution in [0.1, 0.15) is 56.9 Å². The summed E-state index contributed by atoms with van der Waals surface area (Å²) in [5.41, 5.74) is 0.876. The molecule has 1 aliphatic rings. The van der Waals surface area contributed by atoms with Gasteiger partial charge in [0.15, 0.2) is 5.82 Å². The SMILES string of the molecule is Cc1cccc(OCCc2noc(C3CCCN3C(=O)NC(C)(C)C)n2)c1. The fourth-order valence-electron chi connectivity index (χ4n) is 3.13. The van der Waals surface area contributed by atoms with Crippen LogP contribution in [0, 0.1) is 6.92 Å². The number of urea groups is 1. The first-order valence-electron chi connectivity index (χ1n) is 9.42. The maximum Gasteiger partial charge on any atom is 0.318 e. The molecule has 1 fully saturated rings. The molecular formula is C20H28N4O3. The summed E-state index contributed by atoms with van der Waals surface area (Å²) in [5, 5.41) is 7.06. The van der Waals surface area contributed by atoms with Crippen LogP contribution in [-0.2, 0) is 6.42 Å². The van der Waals surface area contributed by atoms with Crippen molar-refractivity contribution >= 4 is 6.03 Å². The number of benzene rings is 1. The smallest absolute Gasteiger partial charge is 0.318 e. The van der Waals surface area contributed by atoms with Gasteiger partial charge in [-0.05, 0) is 58.2 Å². The Balaban J connectivity index is 1.57. The van der Waals surface area contributed by atoms with Crippen molar-refractivity contribution in [2.75, 3.05) is 13.2 Å². The van der Waals surface area contributed by atoms with Gasteiger partial charge in [0.1, 0.15) is 11.8 Å². The summed E-state index contributed by atoms with van der Waals surface area (Å²) in [5.74, 6) is 1.93. The summed E-state index contributed by atoms with van der Waals surface area (Å²) in [6.45, 7) is 9.10. The minimum absolute atomic E-state index is 0.0902. The molecule has 1 atom stereocenters. The number of hydrogen-bond acceptors (Lipinski definition) is 5. The fourth-order valence-corrected chi connectivity index (χ4v) is 3.13. The van der Waals surface area contributed by atoms with E-state index in [2.05, 4.69) is 15.5 Å². The highest BCUT2D eigenvalue weighted by molar-refractivity contribution is 5.75. The third kappa shape index (κ3) is 5.21. The van der Waals surface area contributed by atoms with Crippen molar-refractivity contribution in [1.29, 1.82) is 0 Å². The number of nitrogens with zero attached hydrogens (tertiary/aromatic N) is 3. The fraction of sp³-hybridized carbons (Fsp3) is 0.550. The monoisotopic (exact) mass is 372 g/mol. The average molecular weight is 372 g/mol. The number of aryl methyl sites for hydroxylation is 1. The van der Waals surface area contributed by atoms with Crippen LogP contribution in [0.15, 0.2) is 28.8 Å². The van der Waals surface area contributed by atoms with Crippen LogP contribution < -0.4 is 10.1 Å². The van der Waals surface area contributed by atoms with Gasteiger partial charge in [-0.1, -0.05) is 17.3 Å². The van der Waals surface area contributed by atoms with E-state index in [9.17, 15) is 4.79 Å². The number of nitrogens with one attached hydrogen (secondary N) is 1. The Morgan fingerprint density at radius 3 is 2.96 bits per heavy atom. The Bertz CT molecular complexity index is 782. The Hall–Kier alpha value is -2.57. The van der Waals surface area contributed by atoms with Crippen LogP contribution in [0.2, 0.25) is 0 Å². The molecule has 0 saturated carbocycles. The maximum atomic E-state index is 12.5. The van der Waals surface area contributed by atoms with Gasteiger partial charge in [-0.15, -0.1) is 0 Å². The normalized spacial score (nSPS) is 17.2. The molecule has 1 aromatic carbocycles. The number of likely N-dealkylation sites (tertiary alicyclic amines) is 1. The molecular weight excluding hydrogens is 344 g/mol. The molecule has 2 aromatic rings. The zero-order valence-corrected chi connectivity index (χ0v) is 16.5. The van der Waals surface area contributed by atoms with E-state index in [1.807, 2.05) is 52.0 Å². The summed E-state index contributed by atoms with van der Waals surface area (Å²) in [7, 11) is 0. The van der Waals surface area contributed by atoms with Gasteiger partial charge in [-0.25, -0.2) is 4.79 Å². The lowest BCUT2D eigenvalue weighted by atomic mass is 10.1. The van der Waals surface area contributed by atoms with Crippen molar-refractivity contribution in [3.63, 3.8) is 0 Å². The van der Waals surface area contributed by atoms with E-state index in [4.69, 9.17) is 9.26 Å². The molecule has 2 heterocycles. The molecule has 1 aromatic heterocycles. The molecule has 0 radical (unpaired) electrons. The molecule has 1 N–H and O–H groups in total. The number of carbonyl (C=O) groups is 1. The second-order valence-corrected chi connectivity index (χ2v) is 8.00. The maximum absolute atomic E-state index is 12.5. The molecule has 3 rings (SSSR count). The number of carbonyl (C=O) groups excluding carboxylic acids is 1. The Morgan fingerprint density at radius 1 is 1.41 bits per heavy atom. The van der Waals surface area contributed by atoms with Gasteiger partial charge in [-0.3, -0.25) is 0 Å². The van der Waals surface area contributed by atoms with Crippen LogP contribution in [0.3, 0.4) is 0 Å². The quantitative estimate of drug-likeness (QED) is 0.866. The molecule has 1 aliphatic heterocycles. The number of hydrogen-bond donors (Lipinski definition) is 1. The first-order valence-corrected chi connectivity index (χ1v) is 9.42. The highest BCUT2D eigenvalue weighted by atomic mass is 16.5. The van der Waals surface area contributed by atoms with Crippen LogP contribution in [0.25, 0.3) is 0 Å². The average Bonchev–Trinajstić information content (AvgIpc) is 3.22. The number of aromatic nitrogens is 2. The molecule has 0 spiro atoms. The van der Waals surface area contributed by atoms with Gasteiger partial charge in [0.2, 0.25) is 5.89 Å². The largest absolute Gasteiger partial charge is 0.493 e. The first-order chi connectivity index (χ1) is 12.8. The van der Waals surface area contributed by atoms with Gasteiger partial charge in [-0.2, -0.15) is 4.98 Å². The van der Waals surface area contributed by atoms with Crippen LogP contribution in [0.4, 0.5) is 4.79 Å². The third-order valence-electron chi connectivity index (χ3n) is 4.35. The summed E-state index contributed by atoms with van der Waals surface area (Å²) in [4.78, 5) is 18.8. The van der Waals surface area contributed by atoms with Gasteiger partial charge >= 0.3 is 6.03 Å². The summed E-state index contributed by atoms with van der Waals surface area (Å²) < 4.78 is 11.2. The van der Waals surface area contributed by atoms with Crippen molar-refractivity contribution in [3.05, 3.63) is 41.5 Å². The summed E-state index contributed by atoms with van der Waals surface area (Å²) >= 11 is 0. The highest BCUT2D eigenvalue weighted by Crippen LogP contribution is 2.31. The zero-order chi connectivity index (χ0) is 19.4. The molecule has 1 unspecified atom stereocenters. The number of amides is 2. The first kappa shape index (κ1) is 19.2. The lowest BCUT2D eigenvalue weighted by molar-refractivity contribution is 0.172. The van der Waals surface area contributed by atoms with Crippen molar-refractivity contribution in [3.8, 4) is 5.75 Å². The van der Waals surface area contributed by atoms with Crippen molar-refractivity contribution in [2.24, 2.45) is 0 Å². The molecule has 7 heteroatoms. The second kappa shape index (κ2) is 7.98. The molecule has 0 bridgehead atoms. The summed E-state index contributed by atoms with van der Waals surface area (Å²) in [6.07, 6.45) is 2.31. The summed E-state index contributed by atoms with van der Waals surface area (Å²) in [6, 6.07) is 7.67. The van der Waals surface area contributed by atoms with Gasteiger partial charge < -0.3 is 19.5 Å². The minimum Gasteiger partial charge on any atom is -0.493 e. The molecule has 0 aliphatic carbocycles. The lowest BCUT2D eigenvalue weighted by Crippen LogP contribution is -2.48. The van der Waals surface area contributed by atoms with Crippen molar-refractivity contribution in [2.45, 2.75) is 58.5 Å². The molecule has 146 valence electrons. The predicted octanol–water partition coefficient (Wildman–Crippen LogP) is 3.64. The number of rotatable bonds is 5. The molecule has 7 nitrogen and oxygen atoms in total. The van der Waals surface area contributed by atoms with E-state index >= 15 is 0 Å². The van der Waals surface area contributed by atoms with E-state index in [1.165, 1.54) is 0 Å². The lowest BCUT2D eigenvalue weighted by Gasteiger charge is -2.28. The molecule has 1 saturated heterocycles. The Labute approximate surface area is 160 Å². The van der Waals surface area contributed by atoms with E-state index in [0.29, 0.717) is 31.3 Å². The molecule has 27 heavy (non-hydrogen) atoms. The van der Waals surface area contributed by atoms with E-state index < -0.39 is 0 Å². The standard InChI is InChI=1S/C20H28N4O3/c1-14-7-5-8-15(13-14)26-12-10-17-21-18(27-23-17)16-9-6-11-24(16)19(25)22-20(2,3)4/h5,7-8,13,16H,6,9-12H2,1-4H3,(H,22,25). The van der Waals surface area contributed by atoms with Crippen LogP contribution in [0.5, 0.6) is 5.75 Å². The topological polar surface area (TPSA) is 80.5 Å². The van der Waals surface area contributed by atoms with E-state index in [-0.39, 0.29) is 17.6 Å². The van der Waals surface area contributed by atoms with Gasteiger partial charge in [0.25, 0.3) is 0 Å². The van der Waals surface area contributed by atoms with E-state index in [0.717, 1.165) is 24.2 Å². The van der Waals surface area contributed by atoms with Gasteiger partial charge in [0.05, 0.1) is 6.61 Å². The van der Waals surface area contributed by atoms with E-state index in [1.54, 1.807) is 4.90 Å². The second-order valence-electron chi connectivity index (χ2n) is 8.00. The van der Waals surface area contributed by atoms with Crippen molar-refractivity contribution in [1.82, 2.24) is 20.4 Å². The van der Waals surface area contributed by atoms with Crippen LogP contribution >= 0.6 is 0 Å². The Kier molecular flexibility index (Phi) is 5.68. The Morgan fingerprint density at radius 2 is 2.22 bits per heavy atom. The molecule has 2 amide bonds. The van der Waals surface area contributed by atoms with Crippen LogP contribution in [-0.4, -0.2) is 39.8 Å². The highest BCUT2D eigenvalue weighted by Gasteiger charge is 2.35. The van der Waals surface area contributed by atoms with Crippen molar-refractivity contribution < 1.29 is 14.1 Å². The van der Waals surface area contributed by atoms with Gasteiger partial charge in [0, 0.05) is 18.5 Å². The minimum atomic E-state index is -0.280. The third-order valence-corrected chi connectivity index (χ3v) is 4.35.